The van der Waals surface area contributed by atoms with Crippen molar-refractivity contribution in [3.8, 4) is 5.75 Å². The van der Waals surface area contributed by atoms with E-state index in [1.54, 1.807) is 0 Å². The number of carbonyl (C=O) groups excluding carboxylic acids is 1. The fourth-order valence-corrected chi connectivity index (χ4v) is 1.17. The molecule has 0 bridgehead atoms. The van der Waals surface area contributed by atoms with Crippen LogP contribution in [-0.2, 0) is 0 Å². The smallest absolute Gasteiger partial charge is 0.251 e. The lowest BCUT2D eigenvalue weighted by molar-refractivity contribution is 0.0957. The van der Waals surface area contributed by atoms with Crippen LogP contribution >= 0.6 is 23.2 Å². The summed E-state index contributed by atoms with van der Waals surface area (Å²) >= 11 is 11.1. The number of nitrogens with one attached hydrogen (secondary N) is 1. The van der Waals surface area contributed by atoms with Crippen LogP contribution < -0.4 is 5.32 Å². The second-order valence-corrected chi connectivity index (χ2v) is 3.81. The maximum absolute atomic E-state index is 11.5. The first-order chi connectivity index (χ1) is 7.00. The quantitative estimate of drug-likeness (QED) is 0.860. The topological polar surface area (TPSA) is 49.3 Å². The molecular weight excluding hydrogens is 237 g/mol. The van der Waals surface area contributed by atoms with Crippen molar-refractivity contribution in [3.63, 3.8) is 0 Å². The number of rotatable bonds is 3. The third-order valence-corrected chi connectivity index (χ3v) is 2.09. The first kappa shape index (κ1) is 11.9. The molecule has 0 aliphatic carbocycles. The van der Waals surface area contributed by atoms with Gasteiger partial charge in [-0.25, -0.2) is 0 Å². The van der Waals surface area contributed by atoms with Crippen LogP contribution in [-0.4, -0.2) is 17.6 Å². The Morgan fingerprint density at radius 1 is 1.53 bits per heavy atom. The molecule has 0 saturated heterocycles. The SMILES string of the molecule is C=C(Cl)CNC(=O)c1ccc(O)c(Cl)c1. The lowest BCUT2D eigenvalue weighted by Crippen LogP contribution is -2.24. The summed E-state index contributed by atoms with van der Waals surface area (Å²) in [7, 11) is 0. The van der Waals surface area contributed by atoms with Gasteiger partial charge in [-0.1, -0.05) is 29.8 Å². The van der Waals surface area contributed by atoms with Crippen LogP contribution in [0.5, 0.6) is 5.75 Å². The highest BCUT2D eigenvalue weighted by molar-refractivity contribution is 6.32. The predicted molar refractivity (Wildman–Crippen MR) is 60.4 cm³/mol. The summed E-state index contributed by atoms with van der Waals surface area (Å²) in [6.45, 7) is 3.63. The van der Waals surface area contributed by atoms with Gasteiger partial charge in [0.05, 0.1) is 11.6 Å². The highest BCUT2D eigenvalue weighted by Crippen LogP contribution is 2.23. The molecule has 0 fully saturated rings. The van der Waals surface area contributed by atoms with Crippen LogP contribution in [0.15, 0.2) is 29.8 Å². The van der Waals surface area contributed by atoms with E-state index in [1.165, 1.54) is 18.2 Å². The van der Waals surface area contributed by atoms with Crippen molar-refractivity contribution in [3.05, 3.63) is 40.4 Å². The molecule has 80 valence electrons. The van der Waals surface area contributed by atoms with Crippen LogP contribution in [0.4, 0.5) is 0 Å². The number of phenolic OH excluding ortho intramolecular Hbond substituents is 1. The van der Waals surface area contributed by atoms with E-state index in [0.29, 0.717) is 10.6 Å². The van der Waals surface area contributed by atoms with Gasteiger partial charge >= 0.3 is 0 Å². The second-order valence-electron chi connectivity index (χ2n) is 2.87. The molecule has 0 aromatic heterocycles. The van der Waals surface area contributed by atoms with E-state index in [9.17, 15) is 4.79 Å². The fraction of sp³-hybridized carbons (Fsp3) is 0.100. The molecule has 0 unspecified atom stereocenters. The Kier molecular flexibility index (Phi) is 4.00. The van der Waals surface area contributed by atoms with Gasteiger partial charge in [-0.2, -0.15) is 0 Å². The Bertz CT molecular complexity index is 404. The molecule has 3 nitrogen and oxygen atoms in total. The van der Waals surface area contributed by atoms with Crippen LogP contribution in [0.2, 0.25) is 5.02 Å². The van der Waals surface area contributed by atoms with Gasteiger partial charge in [-0.15, -0.1) is 0 Å². The average Bonchev–Trinajstić information content (AvgIpc) is 2.18. The predicted octanol–water partition coefficient (Wildman–Crippen LogP) is 2.53. The van der Waals surface area contributed by atoms with Crippen molar-refractivity contribution in [2.24, 2.45) is 0 Å². The van der Waals surface area contributed by atoms with Crippen molar-refractivity contribution in [2.45, 2.75) is 0 Å². The van der Waals surface area contributed by atoms with E-state index in [1.807, 2.05) is 0 Å². The van der Waals surface area contributed by atoms with E-state index >= 15 is 0 Å². The molecule has 0 spiro atoms. The number of benzene rings is 1. The Morgan fingerprint density at radius 2 is 2.20 bits per heavy atom. The summed E-state index contributed by atoms with van der Waals surface area (Å²) in [5.74, 6) is -0.381. The molecule has 0 aliphatic heterocycles. The number of phenols is 1. The molecule has 1 aromatic carbocycles. The average molecular weight is 246 g/mol. The number of amides is 1. The molecule has 0 saturated carbocycles. The Balaban J connectivity index is 2.74. The normalized spacial score (nSPS) is 9.73. The first-order valence-electron chi connectivity index (χ1n) is 4.10. The zero-order chi connectivity index (χ0) is 11.4. The molecule has 2 N–H and O–H groups in total. The molecular formula is C10H9Cl2NO2. The van der Waals surface area contributed by atoms with Gasteiger partial charge < -0.3 is 10.4 Å². The zero-order valence-electron chi connectivity index (χ0n) is 7.76. The van der Waals surface area contributed by atoms with Crippen LogP contribution in [0.1, 0.15) is 10.4 Å². The van der Waals surface area contributed by atoms with Crippen molar-refractivity contribution < 1.29 is 9.90 Å². The molecule has 0 atom stereocenters. The molecule has 0 radical (unpaired) electrons. The molecule has 15 heavy (non-hydrogen) atoms. The monoisotopic (exact) mass is 245 g/mol. The standard InChI is InChI=1S/C10H9Cl2NO2/c1-6(11)5-13-10(15)7-2-3-9(14)8(12)4-7/h2-4,14H,1,5H2,(H,13,15). The van der Waals surface area contributed by atoms with Crippen molar-refractivity contribution >= 4 is 29.1 Å². The van der Waals surface area contributed by atoms with Crippen molar-refractivity contribution in [2.75, 3.05) is 6.54 Å². The second kappa shape index (κ2) is 5.05. The Labute approximate surface area is 97.3 Å². The van der Waals surface area contributed by atoms with Gasteiger partial charge in [0.25, 0.3) is 5.91 Å². The number of carbonyl (C=O) groups is 1. The molecule has 0 aliphatic rings. The third-order valence-electron chi connectivity index (χ3n) is 1.65. The lowest BCUT2D eigenvalue weighted by atomic mass is 10.2. The molecule has 0 heterocycles. The van der Waals surface area contributed by atoms with Gasteiger partial charge in [0.2, 0.25) is 0 Å². The minimum Gasteiger partial charge on any atom is -0.506 e. The fourth-order valence-electron chi connectivity index (χ4n) is 0.926. The Hall–Kier alpha value is -1.19. The minimum absolute atomic E-state index is 0.0602. The van der Waals surface area contributed by atoms with Gasteiger partial charge in [-0.3, -0.25) is 4.79 Å². The van der Waals surface area contributed by atoms with Crippen molar-refractivity contribution in [1.82, 2.24) is 5.32 Å². The summed E-state index contributed by atoms with van der Waals surface area (Å²) in [5.41, 5.74) is 0.357. The zero-order valence-corrected chi connectivity index (χ0v) is 9.27. The van der Waals surface area contributed by atoms with Crippen molar-refractivity contribution in [1.29, 1.82) is 0 Å². The lowest BCUT2D eigenvalue weighted by Gasteiger charge is -2.04. The molecule has 1 rings (SSSR count). The number of aromatic hydroxyl groups is 1. The van der Waals surface area contributed by atoms with Crippen LogP contribution in [0, 0.1) is 0 Å². The van der Waals surface area contributed by atoms with Gasteiger partial charge in [0.15, 0.2) is 0 Å². The summed E-state index contributed by atoms with van der Waals surface area (Å²) in [4.78, 5) is 11.5. The maximum atomic E-state index is 11.5. The molecule has 5 heteroatoms. The van der Waals surface area contributed by atoms with Crippen LogP contribution in [0.3, 0.4) is 0 Å². The van der Waals surface area contributed by atoms with Gasteiger partial charge in [0.1, 0.15) is 5.75 Å². The Morgan fingerprint density at radius 3 is 2.73 bits per heavy atom. The highest BCUT2D eigenvalue weighted by Gasteiger charge is 2.07. The van der Waals surface area contributed by atoms with E-state index in [4.69, 9.17) is 28.3 Å². The summed E-state index contributed by atoms with van der Waals surface area (Å²) < 4.78 is 0. The number of hydrogen-bond acceptors (Lipinski definition) is 2. The largest absolute Gasteiger partial charge is 0.506 e. The molecule has 1 aromatic rings. The van der Waals surface area contributed by atoms with E-state index in [-0.39, 0.29) is 23.2 Å². The van der Waals surface area contributed by atoms with E-state index in [2.05, 4.69) is 11.9 Å². The van der Waals surface area contributed by atoms with Crippen LogP contribution in [0.25, 0.3) is 0 Å². The van der Waals surface area contributed by atoms with E-state index < -0.39 is 0 Å². The van der Waals surface area contributed by atoms with Gasteiger partial charge in [0, 0.05) is 10.6 Å². The van der Waals surface area contributed by atoms with E-state index in [0.717, 1.165) is 0 Å². The minimum atomic E-state index is -0.321. The third kappa shape index (κ3) is 3.46. The first-order valence-corrected chi connectivity index (χ1v) is 4.86. The summed E-state index contributed by atoms with van der Waals surface area (Å²) in [5, 5.41) is 12.2. The number of hydrogen-bond donors (Lipinski definition) is 2. The molecule has 1 amide bonds. The number of halogens is 2. The highest BCUT2D eigenvalue weighted by atomic mass is 35.5. The summed E-state index contributed by atoms with van der Waals surface area (Å²) in [6.07, 6.45) is 0. The van der Waals surface area contributed by atoms with Gasteiger partial charge in [-0.05, 0) is 18.2 Å². The maximum Gasteiger partial charge on any atom is 0.251 e. The summed E-state index contributed by atoms with van der Waals surface area (Å²) in [6, 6.07) is 4.20.